The Labute approximate surface area is 164 Å². The Balaban J connectivity index is 1.78. The van der Waals surface area contributed by atoms with Crippen LogP contribution in [0.25, 0.3) is 0 Å². The first-order chi connectivity index (χ1) is 13.3. The van der Waals surface area contributed by atoms with Gasteiger partial charge >= 0.3 is 0 Å². The number of benzene rings is 1. The fourth-order valence-corrected chi connectivity index (χ4v) is 3.66. The predicted molar refractivity (Wildman–Crippen MR) is 104 cm³/mol. The van der Waals surface area contributed by atoms with Gasteiger partial charge in [0.2, 0.25) is 0 Å². The molecule has 1 unspecified atom stereocenters. The summed E-state index contributed by atoms with van der Waals surface area (Å²) in [6.07, 6.45) is 2.37. The van der Waals surface area contributed by atoms with Crippen molar-refractivity contribution in [2.24, 2.45) is 5.92 Å². The molecule has 7 heteroatoms. The van der Waals surface area contributed by atoms with Crippen LogP contribution in [0, 0.1) is 17.6 Å². The summed E-state index contributed by atoms with van der Waals surface area (Å²) in [6.45, 7) is 5.36. The van der Waals surface area contributed by atoms with Gasteiger partial charge in [-0.1, -0.05) is 19.9 Å². The summed E-state index contributed by atoms with van der Waals surface area (Å²) >= 11 is 0. The van der Waals surface area contributed by atoms with E-state index < -0.39 is 11.6 Å². The Morgan fingerprint density at radius 1 is 1.36 bits per heavy atom. The molecule has 1 heterocycles. The van der Waals surface area contributed by atoms with Gasteiger partial charge < -0.3 is 10.2 Å². The second-order valence-electron chi connectivity index (χ2n) is 8.11. The molecule has 1 amide bonds. The zero-order chi connectivity index (χ0) is 20.4. The van der Waals surface area contributed by atoms with Crippen molar-refractivity contribution in [1.29, 1.82) is 0 Å². The molecule has 1 aliphatic rings. The molecular weight excluding hydrogens is 362 g/mol. The molecular formula is C21H28F2N4O. The van der Waals surface area contributed by atoms with E-state index in [0.29, 0.717) is 30.1 Å². The zero-order valence-corrected chi connectivity index (χ0v) is 16.9. The zero-order valence-electron chi connectivity index (χ0n) is 16.9. The minimum Gasteiger partial charge on any atom is -0.343 e. The van der Waals surface area contributed by atoms with Gasteiger partial charge in [-0.2, -0.15) is 5.10 Å². The molecule has 0 spiro atoms. The normalized spacial score (nSPS) is 16.3. The smallest absolute Gasteiger partial charge is 0.274 e. The highest BCUT2D eigenvalue weighted by atomic mass is 19.1. The van der Waals surface area contributed by atoms with Crippen molar-refractivity contribution in [2.45, 2.75) is 52.2 Å². The molecule has 1 N–H and O–H groups in total. The van der Waals surface area contributed by atoms with E-state index in [0.717, 1.165) is 36.7 Å². The van der Waals surface area contributed by atoms with Crippen LogP contribution < -0.4 is 5.32 Å². The summed E-state index contributed by atoms with van der Waals surface area (Å²) in [7, 11) is 3.46. The SMILES string of the molecule is CC(C)Cn1nc(C(=O)N(C)C)c2c1CCC(NCc1ccc(F)cc1F)C2. The summed E-state index contributed by atoms with van der Waals surface area (Å²) in [5, 5.41) is 7.99. The maximum Gasteiger partial charge on any atom is 0.274 e. The average Bonchev–Trinajstić information content (AvgIpc) is 2.97. The highest BCUT2D eigenvalue weighted by Gasteiger charge is 2.29. The van der Waals surface area contributed by atoms with Crippen molar-refractivity contribution in [3.63, 3.8) is 0 Å². The van der Waals surface area contributed by atoms with Crippen molar-refractivity contribution in [3.8, 4) is 0 Å². The molecule has 3 rings (SSSR count). The number of hydrogen-bond acceptors (Lipinski definition) is 3. The van der Waals surface area contributed by atoms with Crippen molar-refractivity contribution in [3.05, 3.63) is 52.3 Å². The van der Waals surface area contributed by atoms with E-state index in [4.69, 9.17) is 0 Å². The van der Waals surface area contributed by atoms with Gasteiger partial charge in [-0.3, -0.25) is 9.48 Å². The number of carbonyl (C=O) groups is 1. The molecule has 1 aromatic heterocycles. The molecule has 0 saturated heterocycles. The fourth-order valence-electron chi connectivity index (χ4n) is 3.66. The number of aromatic nitrogens is 2. The first kappa shape index (κ1) is 20.5. The van der Waals surface area contributed by atoms with Gasteiger partial charge in [-0.15, -0.1) is 0 Å². The second-order valence-corrected chi connectivity index (χ2v) is 8.11. The number of rotatable bonds is 6. The van der Waals surface area contributed by atoms with Crippen LogP contribution in [-0.2, 0) is 25.9 Å². The van der Waals surface area contributed by atoms with Gasteiger partial charge in [-0.25, -0.2) is 8.78 Å². The van der Waals surface area contributed by atoms with E-state index in [2.05, 4.69) is 24.3 Å². The fraction of sp³-hybridized carbons (Fsp3) is 0.524. The van der Waals surface area contributed by atoms with Crippen LogP contribution in [0.3, 0.4) is 0 Å². The van der Waals surface area contributed by atoms with Gasteiger partial charge in [0.15, 0.2) is 5.69 Å². The molecule has 1 atom stereocenters. The van der Waals surface area contributed by atoms with Gasteiger partial charge in [0, 0.05) is 56.1 Å². The molecule has 1 aromatic carbocycles. The van der Waals surface area contributed by atoms with Crippen LogP contribution in [0.2, 0.25) is 0 Å². The second kappa shape index (κ2) is 8.39. The molecule has 0 saturated carbocycles. The van der Waals surface area contributed by atoms with Crippen molar-refractivity contribution < 1.29 is 13.6 Å². The van der Waals surface area contributed by atoms with Crippen LogP contribution in [-0.4, -0.2) is 40.7 Å². The number of amides is 1. The summed E-state index contributed by atoms with van der Waals surface area (Å²) in [5.74, 6) is -0.780. The van der Waals surface area contributed by atoms with Crippen LogP contribution in [0.1, 0.15) is 47.6 Å². The number of halogens is 2. The highest BCUT2D eigenvalue weighted by Crippen LogP contribution is 2.26. The molecule has 1 aliphatic carbocycles. The third kappa shape index (κ3) is 4.41. The van der Waals surface area contributed by atoms with E-state index >= 15 is 0 Å². The number of nitrogens with one attached hydrogen (secondary N) is 1. The first-order valence-corrected chi connectivity index (χ1v) is 9.73. The minimum atomic E-state index is -0.576. The quantitative estimate of drug-likeness (QED) is 0.824. The van der Waals surface area contributed by atoms with Crippen LogP contribution in [0.5, 0.6) is 0 Å². The lowest BCUT2D eigenvalue weighted by molar-refractivity contribution is 0.0819. The lowest BCUT2D eigenvalue weighted by Gasteiger charge is -2.25. The standard InChI is InChI=1S/C21H28F2N4O/c1-13(2)12-27-19-8-7-16(10-17(19)20(25-27)21(28)26(3)4)24-11-14-5-6-15(22)9-18(14)23/h5-6,9,13,16,24H,7-8,10-12H2,1-4H3. The number of hydrogen-bond donors (Lipinski definition) is 1. The van der Waals surface area contributed by atoms with Gasteiger partial charge in [0.05, 0.1) is 0 Å². The van der Waals surface area contributed by atoms with Gasteiger partial charge in [0.25, 0.3) is 5.91 Å². The first-order valence-electron chi connectivity index (χ1n) is 9.73. The molecule has 0 bridgehead atoms. The number of carbonyl (C=O) groups excluding carboxylic acids is 1. The highest BCUT2D eigenvalue weighted by molar-refractivity contribution is 5.93. The lowest BCUT2D eigenvalue weighted by Crippen LogP contribution is -2.35. The van der Waals surface area contributed by atoms with Gasteiger partial charge in [0.1, 0.15) is 11.6 Å². The van der Waals surface area contributed by atoms with Crippen molar-refractivity contribution >= 4 is 5.91 Å². The molecule has 5 nitrogen and oxygen atoms in total. The molecule has 0 radical (unpaired) electrons. The molecule has 0 aliphatic heterocycles. The third-order valence-corrected chi connectivity index (χ3v) is 5.09. The maximum atomic E-state index is 13.9. The Morgan fingerprint density at radius 3 is 2.75 bits per heavy atom. The van der Waals surface area contributed by atoms with Gasteiger partial charge in [-0.05, 0) is 31.2 Å². The largest absolute Gasteiger partial charge is 0.343 e. The van der Waals surface area contributed by atoms with E-state index in [1.165, 1.54) is 12.1 Å². The molecule has 2 aromatic rings. The van der Waals surface area contributed by atoms with Crippen molar-refractivity contribution in [1.82, 2.24) is 20.0 Å². The summed E-state index contributed by atoms with van der Waals surface area (Å²) in [5.41, 5.74) is 3.07. The molecule has 0 fully saturated rings. The lowest BCUT2D eigenvalue weighted by atomic mass is 9.90. The van der Waals surface area contributed by atoms with Crippen molar-refractivity contribution in [2.75, 3.05) is 14.1 Å². The summed E-state index contributed by atoms with van der Waals surface area (Å²) in [4.78, 5) is 14.2. The number of fused-ring (bicyclic) bond motifs is 1. The molecule has 152 valence electrons. The van der Waals surface area contributed by atoms with E-state index in [1.807, 2.05) is 4.68 Å². The third-order valence-electron chi connectivity index (χ3n) is 5.09. The minimum absolute atomic E-state index is 0.0935. The van der Waals surface area contributed by atoms with Crippen LogP contribution in [0.4, 0.5) is 8.78 Å². The number of nitrogens with zero attached hydrogens (tertiary/aromatic N) is 3. The monoisotopic (exact) mass is 390 g/mol. The van der Waals surface area contributed by atoms with E-state index in [-0.39, 0.29) is 11.9 Å². The van der Waals surface area contributed by atoms with E-state index in [9.17, 15) is 13.6 Å². The Hall–Kier alpha value is -2.28. The topological polar surface area (TPSA) is 50.2 Å². The predicted octanol–water partition coefficient (Wildman–Crippen LogP) is 3.17. The Bertz CT molecular complexity index is 860. The van der Waals surface area contributed by atoms with Crippen LogP contribution in [0.15, 0.2) is 18.2 Å². The molecule has 28 heavy (non-hydrogen) atoms. The van der Waals surface area contributed by atoms with E-state index in [1.54, 1.807) is 19.0 Å². The maximum absolute atomic E-state index is 13.9. The summed E-state index contributed by atoms with van der Waals surface area (Å²) < 4.78 is 28.9. The Kier molecular flexibility index (Phi) is 6.13. The van der Waals surface area contributed by atoms with Crippen LogP contribution >= 0.6 is 0 Å². The summed E-state index contributed by atoms with van der Waals surface area (Å²) in [6, 6.07) is 3.75. The average molecular weight is 390 g/mol. The Morgan fingerprint density at radius 2 is 2.11 bits per heavy atom.